The first-order valence-electron chi connectivity index (χ1n) is 8.54. The Hall–Kier alpha value is -2.54. The Bertz CT molecular complexity index is 772. The van der Waals surface area contributed by atoms with Gasteiger partial charge >= 0.3 is 0 Å². The van der Waals surface area contributed by atoms with Crippen molar-refractivity contribution < 1.29 is 9.53 Å². The Morgan fingerprint density at radius 1 is 1.24 bits per heavy atom. The minimum atomic E-state index is -0.0193. The molecular formula is C18H21N5O2. The van der Waals surface area contributed by atoms with Gasteiger partial charge in [-0.15, -0.1) is 0 Å². The number of amides is 1. The lowest BCUT2D eigenvalue weighted by atomic mass is 10.2. The third-order valence-electron chi connectivity index (χ3n) is 4.51. The highest BCUT2D eigenvalue weighted by Gasteiger charge is 2.31. The van der Waals surface area contributed by atoms with Crippen molar-refractivity contribution in [2.45, 2.75) is 39.1 Å². The van der Waals surface area contributed by atoms with Crippen LogP contribution in [0.15, 0.2) is 30.7 Å². The molecule has 7 nitrogen and oxygen atoms in total. The summed E-state index contributed by atoms with van der Waals surface area (Å²) in [5.74, 6) is 0.658. The lowest BCUT2D eigenvalue weighted by Gasteiger charge is -2.35. The minimum Gasteiger partial charge on any atom is -0.372 e. The summed E-state index contributed by atoms with van der Waals surface area (Å²) in [7, 11) is 0. The Kier molecular flexibility index (Phi) is 4.09. The van der Waals surface area contributed by atoms with Gasteiger partial charge < -0.3 is 14.5 Å². The van der Waals surface area contributed by atoms with Gasteiger partial charge in [0.15, 0.2) is 0 Å². The maximum absolute atomic E-state index is 12.6. The third kappa shape index (κ3) is 3.19. The number of pyridine rings is 1. The molecule has 2 aromatic rings. The molecule has 25 heavy (non-hydrogen) atoms. The predicted octanol–water partition coefficient (Wildman–Crippen LogP) is 1.64. The van der Waals surface area contributed by atoms with E-state index in [1.165, 1.54) is 0 Å². The van der Waals surface area contributed by atoms with Crippen LogP contribution in [0.1, 0.15) is 35.5 Å². The van der Waals surface area contributed by atoms with E-state index in [0.717, 1.165) is 24.3 Å². The van der Waals surface area contributed by atoms with Gasteiger partial charge in [0.1, 0.15) is 0 Å². The molecule has 2 atom stereocenters. The molecule has 7 heteroatoms. The molecule has 1 saturated heterocycles. The van der Waals surface area contributed by atoms with Gasteiger partial charge in [0.25, 0.3) is 5.91 Å². The zero-order valence-electron chi connectivity index (χ0n) is 14.4. The monoisotopic (exact) mass is 339 g/mol. The Labute approximate surface area is 146 Å². The first-order valence-corrected chi connectivity index (χ1v) is 8.54. The second kappa shape index (κ2) is 6.40. The molecule has 130 valence electrons. The van der Waals surface area contributed by atoms with Crippen molar-refractivity contribution in [1.82, 2.24) is 19.9 Å². The summed E-state index contributed by atoms with van der Waals surface area (Å²) in [6, 6.07) is 3.85. The van der Waals surface area contributed by atoms with E-state index in [1.54, 1.807) is 23.5 Å². The van der Waals surface area contributed by atoms with Crippen LogP contribution < -0.4 is 4.90 Å². The van der Waals surface area contributed by atoms with Crippen LogP contribution in [0.25, 0.3) is 0 Å². The fourth-order valence-electron chi connectivity index (χ4n) is 3.46. The number of hydrogen-bond acceptors (Lipinski definition) is 6. The number of aromatic nitrogens is 3. The number of ether oxygens (including phenoxy) is 1. The van der Waals surface area contributed by atoms with E-state index in [4.69, 9.17) is 4.74 Å². The van der Waals surface area contributed by atoms with E-state index in [-0.39, 0.29) is 18.1 Å². The first-order chi connectivity index (χ1) is 12.1. The van der Waals surface area contributed by atoms with Crippen molar-refractivity contribution in [3.8, 4) is 0 Å². The molecule has 0 N–H and O–H groups in total. The number of anilines is 1. The van der Waals surface area contributed by atoms with E-state index < -0.39 is 0 Å². The number of hydrogen-bond donors (Lipinski definition) is 0. The van der Waals surface area contributed by atoms with Gasteiger partial charge in [-0.3, -0.25) is 9.78 Å². The first kappa shape index (κ1) is 16.0. The number of morpholine rings is 1. The van der Waals surface area contributed by atoms with E-state index in [2.05, 4.69) is 33.7 Å². The van der Waals surface area contributed by atoms with Gasteiger partial charge in [-0.05, 0) is 25.5 Å². The molecule has 4 heterocycles. The van der Waals surface area contributed by atoms with Crippen molar-refractivity contribution >= 4 is 11.9 Å². The predicted molar refractivity (Wildman–Crippen MR) is 92.1 cm³/mol. The van der Waals surface area contributed by atoms with E-state index >= 15 is 0 Å². The highest BCUT2D eigenvalue weighted by molar-refractivity contribution is 5.97. The standard InChI is InChI=1S/C18H21N5O2/c1-12-8-23(9-13(2)25-12)18-20-7-15-16(21-18)11-22(17(15)24)10-14-4-3-5-19-6-14/h3-7,12-13H,8-11H2,1-2H3. The number of fused-ring (bicyclic) bond motifs is 1. The highest BCUT2D eigenvalue weighted by atomic mass is 16.5. The smallest absolute Gasteiger partial charge is 0.258 e. The van der Waals surface area contributed by atoms with Crippen LogP contribution in [0.2, 0.25) is 0 Å². The largest absolute Gasteiger partial charge is 0.372 e. The minimum absolute atomic E-state index is 0.0193. The Morgan fingerprint density at radius 2 is 2.04 bits per heavy atom. The normalized spacial score (nSPS) is 23.0. The summed E-state index contributed by atoms with van der Waals surface area (Å²) in [6.07, 6.45) is 5.46. The van der Waals surface area contributed by atoms with Crippen molar-refractivity contribution in [2.24, 2.45) is 0 Å². The van der Waals surface area contributed by atoms with Gasteiger partial charge in [-0.25, -0.2) is 9.97 Å². The zero-order valence-corrected chi connectivity index (χ0v) is 14.4. The molecule has 1 amide bonds. The van der Waals surface area contributed by atoms with Crippen LogP contribution in [-0.2, 0) is 17.8 Å². The van der Waals surface area contributed by atoms with Crippen LogP contribution >= 0.6 is 0 Å². The molecule has 2 unspecified atom stereocenters. The van der Waals surface area contributed by atoms with Crippen LogP contribution in [0, 0.1) is 0 Å². The second-order valence-electron chi connectivity index (χ2n) is 6.72. The molecule has 2 aliphatic rings. The summed E-state index contributed by atoms with van der Waals surface area (Å²) < 4.78 is 5.77. The molecular weight excluding hydrogens is 318 g/mol. The molecule has 2 aromatic heterocycles. The van der Waals surface area contributed by atoms with Gasteiger partial charge in [-0.2, -0.15) is 0 Å². The topological polar surface area (TPSA) is 71.5 Å². The molecule has 0 aromatic carbocycles. The average molecular weight is 339 g/mol. The number of nitrogens with zero attached hydrogens (tertiary/aromatic N) is 5. The van der Waals surface area contributed by atoms with Crippen molar-refractivity contribution in [1.29, 1.82) is 0 Å². The van der Waals surface area contributed by atoms with Gasteiger partial charge in [0.05, 0.1) is 30.0 Å². The molecule has 4 rings (SSSR count). The van der Waals surface area contributed by atoms with E-state index in [9.17, 15) is 4.79 Å². The van der Waals surface area contributed by atoms with E-state index in [1.807, 2.05) is 12.1 Å². The second-order valence-corrected chi connectivity index (χ2v) is 6.72. The number of carbonyl (C=O) groups excluding carboxylic acids is 1. The maximum atomic E-state index is 12.6. The Balaban J connectivity index is 1.53. The fourth-order valence-corrected chi connectivity index (χ4v) is 3.46. The average Bonchev–Trinajstić information content (AvgIpc) is 2.90. The summed E-state index contributed by atoms with van der Waals surface area (Å²) in [4.78, 5) is 29.7. The van der Waals surface area contributed by atoms with Crippen molar-refractivity contribution in [3.63, 3.8) is 0 Å². The number of carbonyl (C=O) groups is 1. The summed E-state index contributed by atoms with van der Waals surface area (Å²) in [5, 5.41) is 0. The van der Waals surface area contributed by atoms with Gasteiger partial charge in [0.2, 0.25) is 5.95 Å². The SMILES string of the molecule is CC1CN(c2ncc3c(n2)CN(Cc2cccnc2)C3=O)CC(C)O1. The fraction of sp³-hybridized carbons (Fsp3) is 0.444. The summed E-state index contributed by atoms with van der Waals surface area (Å²) in [5.41, 5.74) is 2.40. The quantitative estimate of drug-likeness (QED) is 0.847. The molecule has 2 aliphatic heterocycles. The van der Waals surface area contributed by atoms with Crippen molar-refractivity contribution in [3.05, 3.63) is 47.5 Å². The summed E-state index contributed by atoms with van der Waals surface area (Å²) in [6.45, 7) is 6.66. The Morgan fingerprint density at radius 3 is 2.76 bits per heavy atom. The van der Waals surface area contributed by atoms with Crippen LogP contribution in [0.5, 0.6) is 0 Å². The lowest BCUT2D eigenvalue weighted by molar-refractivity contribution is -0.00573. The van der Waals surface area contributed by atoms with Crippen LogP contribution in [-0.4, -0.2) is 51.1 Å². The molecule has 0 saturated carbocycles. The summed E-state index contributed by atoms with van der Waals surface area (Å²) >= 11 is 0. The maximum Gasteiger partial charge on any atom is 0.258 e. The molecule has 0 spiro atoms. The lowest BCUT2D eigenvalue weighted by Crippen LogP contribution is -2.46. The number of rotatable bonds is 3. The molecule has 0 bridgehead atoms. The zero-order chi connectivity index (χ0) is 17.4. The highest BCUT2D eigenvalue weighted by Crippen LogP contribution is 2.25. The van der Waals surface area contributed by atoms with Gasteiger partial charge in [-0.1, -0.05) is 6.07 Å². The van der Waals surface area contributed by atoms with Gasteiger partial charge in [0, 0.05) is 38.2 Å². The molecule has 0 aliphatic carbocycles. The molecule has 1 fully saturated rings. The van der Waals surface area contributed by atoms with E-state index in [0.29, 0.717) is 24.6 Å². The molecule has 0 radical (unpaired) electrons. The third-order valence-corrected chi connectivity index (χ3v) is 4.51. The van der Waals surface area contributed by atoms with Crippen LogP contribution in [0.3, 0.4) is 0 Å². The van der Waals surface area contributed by atoms with Crippen molar-refractivity contribution in [2.75, 3.05) is 18.0 Å². The van der Waals surface area contributed by atoms with Crippen LogP contribution in [0.4, 0.5) is 5.95 Å².